The van der Waals surface area contributed by atoms with Crippen LogP contribution in [0.1, 0.15) is 32.6 Å². The summed E-state index contributed by atoms with van der Waals surface area (Å²) in [4.78, 5) is 0. The minimum Gasteiger partial charge on any atom is -0.411 e. The van der Waals surface area contributed by atoms with Gasteiger partial charge in [0.1, 0.15) is 0 Å². The van der Waals surface area contributed by atoms with Crippen LogP contribution >= 0.6 is 0 Å². The number of hydrogen-bond acceptors (Lipinski definition) is 2. The van der Waals surface area contributed by atoms with Crippen molar-refractivity contribution in [1.82, 2.24) is 0 Å². The summed E-state index contributed by atoms with van der Waals surface area (Å²) in [6.07, 6.45) is 5.35. The fourth-order valence-electron chi connectivity index (χ4n) is 4.10. The average Bonchev–Trinajstić information content (AvgIpc) is 2.13. The van der Waals surface area contributed by atoms with Gasteiger partial charge in [-0.3, -0.25) is 0 Å². The number of rotatable bonds is 0. The molecule has 4 saturated carbocycles. The molecule has 0 spiro atoms. The Morgan fingerprint density at radius 1 is 1.23 bits per heavy atom. The molecule has 0 aromatic heterocycles. The Hall–Kier alpha value is -0.530. The van der Waals surface area contributed by atoms with E-state index in [0.29, 0.717) is 11.8 Å². The van der Waals surface area contributed by atoms with Crippen molar-refractivity contribution in [3.05, 3.63) is 0 Å². The molecule has 4 bridgehead atoms. The lowest BCUT2D eigenvalue weighted by Crippen LogP contribution is -2.50. The smallest absolute Gasteiger partial charge is 0.0635 e. The van der Waals surface area contributed by atoms with Crippen molar-refractivity contribution in [2.45, 2.75) is 32.6 Å². The van der Waals surface area contributed by atoms with Gasteiger partial charge in [0.25, 0.3) is 0 Å². The Balaban J connectivity index is 1.98. The summed E-state index contributed by atoms with van der Waals surface area (Å²) in [5.74, 6) is 3.94. The van der Waals surface area contributed by atoms with Gasteiger partial charge < -0.3 is 5.21 Å². The third-order valence-electron chi connectivity index (χ3n) is 4.72. The van der Waals surface area contributed by atoms with Gasteiger partial charge in [-0.05, 0) is 43.4 Å². The fraction of sp³-hybridized carbons (Fsp3) is 0.909. The molecule has 4 rings (SSSR count). The molecule has 2 heteroatoms. The van der Waals surface area contributed by atoms with E-state index in [-0.39, 0.29) is 0 Å². The van der Waals surface area contributed by atoms with Crippen LogP contribution in [0.25, 0.3) is 0 Å². The fourth-order valence-corrected chi connectivity index (χ4v) is 4.10. The highest BCUT2D eigenvalue weighted by atomic mass is 16.4. The van der Waals surface area contributed by atoms with Crippen molar-refractivity contribution in [3.63, 3.8) is 0 Å². The Morgan fingerprint density at radius 2 is 2.08 bits per heavy atom. The second-order valence-electron chi connectivity index (χ2n) is 5.26. The zero-order chi connectivity index (χ0) is 9.00. The first-order valence-electron chi connectivity index (χ1n) is 5.51. The summed E-state index contributed by atoms with van der Waals surface area (Å²) in [5.41, 5.74) is 1.14. The third-order valence-corrected chi connectivity index (χ3v) is 4.72. The highest BCUT2D eigenvalue weighted by molar-refractivity contribution is 5.90. The van der Waals surface area contributed by atoms with E-state index in [9.17, 15) is 0 Å². The highest BCUT2D eigenvalue weighted by Gasteiger charge is 2.50. The quantitative estimate of drug-likeness (QED) is 0.450. The summed E-state index contributed by atoms with van der Waals surface area (Å²) in [6.45, 7) is 2.35. The molecule has 2 nitrogen and oxygen atoms in total. The zero-order valence-corrected chi connectivity index (χ0v) is 8.11. The molecule has 0 saturated heterocycles. The van der Waals surface area contributed by atoms with Crippen LogP contribution in [0.2, 0.25) is 0 Å². The molecule has 1 N–H and O–H groups in total. The van der Waals surface area contributed by atoms with Gasteiger partial charge in [-0.1, -0.05) is 12.1 Å². The first-order chi connectivity index (χ1) is 6.29. The normalized spacial score (nSPS) is 56.1. The summed E-state index contributed by atoms with van der Waals surface area (Å²) < 4.78 is 0. The van der Waals surface area contributed by atoms with Gasteiger partial charge in [0, 0.05) is 11.8 Å². The van der Waals surface area contributed by atoms with E-state index < -0.39 is 0 Å². The second kappa shape index (κ2) is 2.49. The van der Waals surface area contributed by atoms with E-state index >= 15 is 0 Å². The Kier molecular flexibility index (Phi) is 1.50. The lowest BCUT2D eigenvalue weighted by atomic mass is 9.51. The molecule has 0 aliphatic heterocycles. The number of nitrogens with zero attached hydrogens (tertiary/aromatic N) is 1. The Labute approximate surface area is 79.0 Å². The van der Waals surface area contributed by atoms with Crippen molar-refractivity contribution in [3.8, 4) is 0 Å². The summed E-state index contributed by atoms with van der Waals surface area (Å²) >= 11 is 0. The maximum Gasteiger partial charge on any atom is 0.0635 e. The summed E-state index contributed by atoms with van der Waals surface area (Å²) in [6, 6.07) is 0. The first kappa shape index (κ1) is 7.84. The molecule has 13 heavy (non-hydrogen) atoms. The average molecular weight is 179 g/mol. The molecule has 0 aromatic rings. The van der Waals surface area contributed by atoms with Crippen LogP contribution in [0, 0.1) is 29.6 Å². The van der Waals surface area contributed by atoms with Crippen molar-refractivity contribution >= 4 is 5.71 Å². The third kappa shape index (κ3) is 0.918. The lowest BCUT2D eigenvalue weighted by molar-refractivity contribution is 0.0503. The van der Waals surface area contributed by atoms with Crippen molar-refractivity contribution in [1.29, 1.82) is 0 Å². The van der Waals surface area contributed by atoms with Crippen LogP contribution in [-0.2, 0) is 0 Å². The molecule has 5 unspecified atom stereocenters. The van der Waals surface area contributed by atoms with Crippen LogP contribution in [-0.4, -0.2) is 10.9 Å². The molecule has 5 atom stereocenters. The highest BCUT2D eigenvalue weighted by Crippen LogP contribution is 2.54. The van der Waals surface area contributed by atoms with Gasteiger partial charge in [0.2, 0.25) is 0 Å². The van der Waals surface area contributed by atoms with Crippen molar-refractivity contribution in [2.24, 2.45) is 34.7 Å². The van der Waals surface area contributed by atoms with Gasteiger partial charge in [0.15, 0.2) is 0 Å². The Morgan fingerprint density at radius 3 is 2.85 bits per heavy atom. The topological polar surface area (TPSA) is 32.6 Å². The molecule has 4 aliphatic carbocycles. The van der Waals surface area contributed by atoms with Crippen LogP contribution < -0.4 is 0 Å². The van der Waals surface area contributed by atoms with Crippen molar-refractivity contribution < 1.29 is 5.21 Å². The van der Waals surface area contributed by atoms with E-state index in [0.717, 1.165) is 23.5 Å². The monoisotopic (exact) mass is 179 g/mol. The molecular formula is C11H17NO. The number of oxime groups is 1. The Bertz CT molecular complexity index is 261. The van der Waals surface area contributed by atoms with Gasteiger partial charge in [0.05, 0.1) is 5.71 Å². The predicted molar refractivity (Wildman–Crippen MR) is 50.8 cm³/mol. The zero-order valence-electron chi connectivity index (χ0n) is 8.11. The van der Waals surface area contributed by atoms with Gasteiger partial charge >= 0.3 is 0 Å². The summed E-state index contributed by atoms with van der Waals surface area (Å²) in [5, 5.41) is 12.6. The van der Waals surface area contributed by atoms with E-state index in [1.54, 1.807) is 0 Å². The van der Waals surface area contributed by atoms with Gasteiger partial charge in [-0.2, -0.15) is 0 Å². The number of hydrogen-bond donors (Lipinski definition) is 1. The van der Waals surface area contributed by atoms with Crippen molar-refractivity contribution in [2.75, 3.05) is 0 Å². The van der Waals surface area contributed by atoms with Gasteiger partial charge in [-0.15, -0.1) is 0 Å². The second-order valence-corrected chi connectivity index (χ2v) is 5.26. The lowest BCUT2D eigenvalue weighted by Gasteiger charge is -2.53. The standard InChI is InChI=1S/C11H17NO/c1-6-8-2-7-3-9(5-8)11(12-13)10(6)4-7/h6-10,13H,2-5H2,1H3. The maximum atomic E-state index is 9.00. The molecule has 0 radical (unpaired) electrons. The summed E-state index contributed by atoms with van der Waals surface area (Å²) in [7, 11) is 0. The maximum absolute atomic E-state index is 9.00. The molecule has 0 amide bonds. The SMILES string of the molecule is CC1C2CC3CC(C2)C(=NO)C1C3. The van der Waals surface area contributed by atoms with Gasteiger partial charge in [-0.25, -0.2) is 0 Å². The van der Waals surface area contributed by atoms with Crippen LogP contribution in [0.15, 0.2) is 5.16 Å². The van der Waals surface area contributed by atoms with E-state index in [1.807, 2.05) is 0 Å². The minimum absolute atomic E-state index is 0.626. The van der Waals surface area contributed by atoms with Crippen LogP contribution in [0.3, 0.4) is 0 Å². The van der Waals surface area contributed by atoms with Crippen LogP contribution in [0.4, 0.5) is 0 Å². The largest absolute Gasteiger partial charge is 0.411 e. The molecule has 4 fully saturated rings. The molecule has 0 aromatic carbocycles. The molecule has 0 heterocycles. The van der Waals surface area contributed by atoms with E-state index in [2.05, 4.69) is 12.1 Å². The molecule has 72 valence electrons. The van der Waals surface area contributed by atoms with E-state index in [4.69, 9.17) is 5.21 Å². The van der Waals surface area contributed by atoms with E-state index in [1.165, 1.54) is 25.7 Å². The first-order valence-corrected chi connectivity index (χ1v) is 5.51. The van der Waals surface area contributed by atoms with Crippen LogP contribution in [0.5, 0.6) is 0 Å². The minimum atomic E-state index is 0.626. The molecule has 4 aliphatic rings. The molecular weight excluding hydrogens is 162 g/mol. The predicted octanol–water partition coefficient (Wildman–Crippen LogP) is 2.52.